The maximum absolute atomic E-state index is 5.74. The lowest BCUT2D eigenvalue weighted by Gasteiger charge is -2.10. The summed E-state index contributed by atoms with van der Waals surface area (Å²) in [7, 11) is 1.66. The molecule has 0 aliphatic carbocycles. The molecule has 0 radical (unpaired) electrons. The number of benzene rings is 2. The third-order valence-corrected chi connectivity index (χ3v) is 3.99. The number of aromatic nitrogens is 1. The summed E-state index contributed by atoms with van der Waals surface area (Å²) in [5.74, 6) is 1.57. The molecule has 24 heavy (non-hydrogen) atoms. The summed E-state index contributed by atoms with van der Waals surface area (Å²) in [6.07, 6.45) is 2.15. The second-order valence-electron chi connectivity index (χ2n) is 5.73. The molecule has 1 aromatic heterocycles. The second kappa shape index (κ2) is 8.41. The van der Waals surface area contributed by atoms with Gasteiger partial charge in [0.05, 0.1) is 7.11 Å². The fourth-order valence-electron chi connectivity index (χ4n) is 2.77. The molecule has 0 saturated heterocycles. The Morgan fingerprint density at radius 2 is 1.75 bits per heavy atom. The number of nitrogens with one attached hydrogen (secondary N) is 2. The molecule has 0 atom stereocenters. The normalized spacial score (nSPS) is 10.9. The van der Waals surface area contributed by atoms with Crippen LogP contribution in [0.5, 0.6) is 11.5 Å². The van der Waals surface area contributed by atoms with Crippen LogP contribution in [0.15, 0.2) is 54.6 Å². The maximum atomic E-state index is 5.74. The quantitative estimate of drug-likeness (QED) is 0.589. The smallest absolute Gasteiger partial charge is 0.161 e. The molecule has 0 fully saturated rings. The van der Waals surface area contributed by atoms with Gasteiger partial charge < -0.3 is 19.8 Å². The van der Waals surface area contributed by atoms with E-state index in [2.05, 4.69) is 40.6 Å². The number of hydrogen-bond acceptors (Lipinski definition) is 3. The van der Waals surface area contributed by atoms with E-state index in [4.69, 9.17) is 9.47 Å². The van der Waals surface area contributed by atoms with Crippen molar-refractivity contribution in [3.63, 3.8) is 0 Å². The molecule has 3 aromatic rings. The van der Waals surface area contributed by atoms with E-state index in [1.54, 1.807) is 7.11 Å². The largest absolute Gasteiger partial charge is 0.493 e. The molecule has 126 valence electrons. The zero-order valence-electron chi connectivity index (χ0n) is 14.0. The van der Waals surface area contributed by atoms with Gasteiger partial charge in [-0.15, -0.1) is 0 Å². The Morgan fingerprint density at radius 3 is 2.58 bits per heavy atom. The summed E-state index contributed by atoms with van der Waals surface area (Å²) in [6, 6.07) is 18.3. The van der Waals surface area contributed by atoms with Gasteiger partial charge in [-0.2, -0.15) is 0 Å². The van der Waals surface area contributed by atoms with Crippen LogP contribution in [0.4, 0.5) is 0 Å². The Morgan fingerprint density at radius 1 is 0.958 bits per heavy atom. The monoisotopic (exact) mass is 324 g/mol. The van der Waals surface area contributed by atoms with Crippen molar-refractivity contribution < 1.29 is 9.47 Å². The van der Waals surface area contributed by atoms with Crippen molar-refractivity contribution in [1.82, 2.24) is 10.3 Å². The minimum Gasteiger partial charge on any atom is -0.493 e. The second-order valence-corrected chi connectivity index (χ2v) is 5.73. The standard InChI is InChI=1S/C20H24N2O2/c1-23-19-10-4-5-11-20(19)24-14-13-21-12-6-8-17-15-16-7-2-3-9-18(16)22-17/h2-5,7,9-11,15,21-22H,6,8,12-14H2,1H3. The van der Waals surface area contributed by atoms with E-state index in [1.165, 1.54) is 16.6 Å². The van der Waals surface area contributed by atoms with E-state index in [1.807, 2.05) is 24.3 Å². The Hall–Kier alpha value is -2.46. The molecule has 0 aliphatic heterocycles. The molecule has 0 saturated carbocycles. The summed E-state index contributed by atoms with van der Waals surface area (Å²) in [5, 5.41) is 4.70. The van der Waals surface area contributed by atoms with Gasteiger partial charge in [0.1, 0.15) is 6.61 Å². The molecule has 0 amide bonds. The minimum absolute atomic E-state index is 0.632. The molecule has 4 heteroatoms. The number of hydrogen-bond donors (Lipinski definition) is 2. The molecule has 2 N–H and O–H groups in total. The zero-order valence-corrected chi connectivity index (χ0v) is 14.0. The molecule has 0 spiro atoms. The highest BCUT2D eigenvalue weighted by Crippen LogP contribution is 2.25. The van der Waals surface area contributed by atoms with Crippen LogP contribution in [0.25, 0.3) is 10.9 Å². The predicted octanol–water partition coefficient (Wildman–Crippen LogP) is 3.78. The molecule has 0 unspecified atom stereocenters. The fourth-order valence-corrected chi connectivity index (χ4v) is 2.77. The fraction of sp³-hybridized carbons (Fsp3) is 0.300. The number of aromatic amines is 1. The van der Waals surface area contributed by atoms with Crippen LogP contribution in [0, 0.1) is 0 Å². The van der Waals surface area contributed by atoms with Gasteiger partial charge in [0.2, 0.25) is 0 Å². The first kappa shape index (κ1) is 16.4. The van der Waals surface area contributed by atoms with Crippen LogP contribution < -0.4 is 14.8 Å². The van der Waals surface area contributed by atoms with Crippen LogP contribution in [0.1, 0.15) is 12.1 Å². The van der Waals surface area contributed by atoms with Crippen molar-refractivity contribution in [2.24, 2.45) is 0 Å². The van der Waals surface area contributed by atoms with Gasteiger partial charge in [0, 0.05) is 17.8 Å². The lowest BCUT2D eigenvalue weighted by atomic mass is 10.2. The number of H-pyrrole nitrogens is 1. The number of ether oxygens (including phenoxy) is 2. The average molecular weight is 324 g/mol. The Balaban J connectivity index is 1.32. The summed E-state index contributed by atoms with van der Waals surface area (Å²) < 4.78 is 11.0. The highest BCUT2D eigenvalue weighted by atomic mass is 16.5. The van der Waals surface area contributed by atoms with Gasteiger partial charge in [-0.3, -0.25) is 0 Å². The number of rotatable bonds is 9. The van der Waals surface area contributed by atoms with Crippen molar-refractivity contribution in [2.75, 3.05) is 26.8 Å². The zero-order chi connectivity index (χ0) is 16.6. The van der Waals surface area contributed by atoms with Crippen LogP contribution in [0.2, 0.25) is 0 Å². The number of aryl methyl sites for hydroxylation is 1. The molecule has 1 heterocycles. The third-order valence-electron chi connectivity index (χ3n) is 3.99. The molecule has 4 nitrogen and oxygen atoms in total. The molecule has 3 rings (SSSR count). The predicted molar refractivity (Wildman–Crippen MR) is 98.0 cm³/mol. The van der Waals surface area contributed by atoms with Gasteiger partial charge >= 0.3 is 0 Å². The summed E-state index contributed by atoms with van der Waals surface area (Å²) in [5.41, 5.74) is 2.51. The summed E-state index contributed by atoms with van der Waals surface area (Å²) in [6.45, 7) is 2.43. The van der Waals surface area contributed by atoms with Crippen LogP contribution in [-0.2, 0) is 6.42 Å². The average Bonchev–Trinajstić information content (AvgIpc) is 3.04. The third kappa shape index (κ3) is 4.30. The molecule has 0 bridgehead atoms. The highest BCUT2D eigenvalue weighted by Gasteiger charge is 2.02. The van der Waals surface area contributed by atoms with Crippen LogP contribution in [-0.4, -0.2) is 31.8 Å². The first-order valence-corrected chi connectivity index (χ1v) is 8.40. The van der Waals surface area contributed by atoms with E-state index < -0.39 is 0 Å². The Bertz CT molecular complexity index is 734. The van der Waals surface area contributed by atoms with Gasteiger partial charge in [-0.25, -0.2) is 0 Å². The Labute approximate surface area is 142 Å². The lowest BCUT2D eigenvalue weighted by molar-refractivity contribution is 0.292. The number of para-hydroxylation sites is 3. The number of fused-ring (bicyclic) bond motifs is 1. The van der Waals surface area contributed by atoms with Gasteiger partial charge in [0.25, 0.3) is 0 Å². The van der Waals surface area contributed by atoms with Crippen LogP contribution in [0.3, 0.4) is 0 Å². The SMILES string of the molecule is COc1ccccc1OCCNCCCc1cc2ccccc2[nH]1. The van der Waals surface area contributed by atoms with Gasteiger partial charge in [0.15, 0.2) is 11.5 Å². The molecule has 2 aromatic carbocycles. The van der Waals surface area contributed by atoms with E-state index in [0.717, 1.165) is 37.4 Å². The molecular formula is C20H24N2O2. The van der Waals surface area contributed by atoms with E-state index >= 15 is 0 Å². The van der Waals surface area contributed by atoms with Crippen molar-refractivity contribution in [3.8, 4) is 11.5 Å². The summed E-state index contributed by atoms with van der Waals surface area (Å²) in [4.78, 5) is 3.47. The van der Waals surface area contributed by atoms with E-state index in [9.17, 15) is 0 Å². The van der Waals surface area contributed by atoms with E-state index in [0.29, 0.717) is 6.61 Å². The van der Waals surface area contributed by atoms with Crippen molar-refractivity contribution in [1.29, 1.82) is 0 Å². The number of methoxy groups -OCH3 is 1. The summed E-state index contributed by atoms with van der Waals surface area (Å²) >= 11 is 0. The van der Waals surface area contributed by atoms with E-state index in [-0.39, 0.29) is 0 Å². The minimum atomic E-state index is 0.632. The van der Waals surface area contributed by atoms with Gasteiger partial charge in [-0.05, 0) is 49.0 Å². The molecular weight excluding hydrogens is 300 g/mol. The van der Waals surface area contributed by atoms with Crippen LogP contribution >= 0.6 is 0 Å². The molecule has 0 aliphatic rings. The maximum Gasteiger partial charge on any atom is 0.161 e. The lowest BCUT2D eigenvalue weighted by Crippen LogP contribution is -2.22. The first-order valence-electron chi connectivity index (χ1n) is 8.40. The highest BCUT2D eigenvalue weighted by molar-refractivity contribution is 5.80. The van der Waals surface area contributed by atoms with Gasteiger partial charge in [-0.1, -0.05) is 30.3 Å². The topological polar surface area (TPSA) is 46.3 Å². The van der Waals surface area contributed by atoms with Crippen molar-refractivity contribution in [2.45, 2.75) is 12.8 Å². The van der Waals surface area contributed by atoms with Crippen molar-refractivity contribution in [3.05, 3.63) is 60.3 Å². The first-order chi connectivity index (χ1) is 11.9. The Kier molecular flexibility index (Phi) is 5.75. The van der Waals surface area contributed by atoms with Crippen molar-refractivity contribution >= 4 is 10.9 Å².